The van der Waals surface area contributed by atoms with Crippen LogP contribution >= 0.6 is 0 Å². The van der Waals surface area contributed by atoms with Gasteiger partial charge in [0.1, 0.15) is 5.76 Å². The lowest BCUT2D eigenvalue weighted by atomic mass is 9.88. The molecule has 23 heavy (non-hydrogen) atoms. The van der Waals surface area contributed by atoms with E-state index < -0.39 is 5.63 Å². The fourth-order valence-corrected chi connectivity index (χ4v) is 3.63. The quantitative estimate of drug-likeness (QED) is 0.783. The molecule has 5 nitrogen and oxygen atoms in total. The second-order valence-electron chi connectivity index (χ2n) is 7.05. The summed E-state index contributed by atoms with van der Waals surface area (Å²) in [5.74, 6) is 0.607. The first-order valence-corrected chi connectivity index (χ1v) is 8.66. The molecular formula is C18H21NO4. The van der Waals surface area contributed by atoms with Crippen LogP contribution in [-0.2, 0) is 17.6 Å². The van der Waals surface area contributed by atoms with Gasteiger partial charge in [-0.1, -0.05) is 19.3 Å². The van der Waals surface area contributed by atoms with Crippen LogP contribution in [0.2, 0.25) is 0 Å². The van der Waals surface area contributed by atoms with Gasteiger partial charge in [0.25, 0.3) is 5.91 Å². The predicted octanol–water partition coefficient (Wildman–Crippen LogP) is 2.45. The minimum atomic E-state index is -0.456. The summed E-state index contributed by atoms with van der Waals surface area (Å²) < 4.78 is 5.18. The molecule has 0 aromatic carbocycles. The summed E-state index contributed by atoms with van der Waals surface area (Å²) >= 11 is 0. The fraction of sp³-hybridized carbons (Fsp3) is 0.611. The smallest absolute Gasteiger partial charge is 0.336 e. The maximum Gasteiger partial charge on any atom is 0.336 e. The number of imide groups is 1. The molecule has 4 rings (SSSR count). The van der Waals surface area contributed by atoms with Gasteiger partial charge in [-0.2, -0.15) is 0 Å². The monoisotopic (exact) mass is 315 g/mol. The number of aryl methyl sites for hydroxylation is 1. The van der Waals surface area contributed by atoms with Gasteiger partial charge < -0.3 is 4.42 Å². The molecule has 0 bridgehead atoms. The average Bonchev–Trinajstić information content (AvgIpc) is 3.24. The Hall–Kier alpha value is -1.91. The first-order valence-electron chi connectivity index (χ1n) is 8.66. The van der Waals surface area contributed by atoms with Crippen LogP contribution in [0.25, 0.3) is 0 Å². The zero-order valence-corrected chi connectivity index (χ0v) is 13.2. The molecule has 2 amide bonds. The Kier molecular flexibility index (Phi) is 3.58. The molecule has 1 aromatic heterocycles. The molecule has 3 aliphatic rings. The largest absolute Gasteiger partial charge is 0.426 e. The Morgan fingerprint density at radius 2 is 1.91 bits per heavy atom. The fourth-order valence-electron chi connectivity index (χ4n) is 3.63. The third-order valence-corrected chi connectivity index (χ3v) is 5.32. The molecule has 0 spiro atoms. The Morgan fingerprint density at radius 1 is 1.13 bits per heavy atom. The number of fused-ring (bicyclic) bond motifs is 1. The van der Waals surface area contributed by atoms with E-state index in [2.05, 4.69) is 0 Å². The number of amides is 2. The van der Waals surface area contributed by atoms with Gasteiger partial charge in [0.2, 0.25) is 5.91 Å². The molecule has 0 N–H and O–H groups in total. The van der Waals surface area contributed by atoms with Gasteiger partial charge in [-0.15, -0.1) is 0 Å². The number of rotatable bonds is 5. The zero-order chi connectivity index (χ0) is 16.0. The van der Waals surface area contributed by atoms with Crippen molar-refractivity contribution >= 4 is 11.8 Å². The third-order valence-electron chi connectivity index (χ3n) is 5.32. The maximum atomic E-state index is 12.8. The second kappa shape index (κ2) is 5.62. The van der Waals surface area contributed by atoms with Crippen LogP contribution in [0.3, 0.4) is 0 Å². The number of nitrogens with zero attached hydrogens (tertiary/aromatic N) is 1. The van der Waals surface area contributed by atoms with E-state index in [9.17, 15) is 14.4 Å². The number of carbonyl (C=O) groups is 2. The highest BCUT2D eigenvalue weighted by Crippen LogP contribution is 2.35. The van der Waals surface area contributed by atoms with E-state index in [1.807, 2.05) is 0 Å². The SMILES string of the molecule is O=C1Cc2oc(=O)cc(CCCC3CC3)c2C(=O)N1C1CCC1. The lowest BCUT2D eigenvalue weighted by Gasteiger charge is -2.38. The molecule has 2 saturated carbocycles. The van der Waals surface area contributed by atoms with Gasteiger partial charge in [-0.3, -0.25) is 14.5 Å². The third kappa shape index (κ3) is 2.73. The van der Waals surface area contributed by atoms with E-state index in [-0.39, 0.29) is 30.0 Å². The lowest BCUT2D eigenvalue weighted by Crippen LogP contribution is -2.51. The molecule has 2 aliphatic carbocycles. The normalized spacial score (nSPS) is 21.3. The van der Waals surface area contributed by atoms with E-state index in [0.29, 0.717) is 12.0 Å². The standard InChI is InChI=1S/C18H21NO4/c20-15-10-14-17(18(22)19(15)13-5-2-6-13)12(9-16(21)23-14)4-1-3-11-7-8-11/h9,11,13H,1-8,10H2. The summed E-state index contributed by atoms with van der Waals surface area (Å²) in [6, 6.07) is 1.48. The van der Waals surface area contributed by atoms with Crippen LogP contribution < -0.4 is 5.63 Å². The molecule has 5 heteroatoms. The molecule has 0 unspecified atom stereocenters. The zero-order valence-electron chi connectivity index (χ0n) is 13.2. The van der Waals surface area contributed by atoms with Crippen LogP contribution in [0, 0.1) is 5.92 Å². The van der Waals surface area contributed by atoms with Gasteiger partial charge in [-0.05, 0) is 43.6 Å². The van der Waals surface area contributed by atoms with Crippen molar-refractivity contribution in [2.45, 2.75) is 63.8 Å². The summed E-state index contributed by atoms with van der Waals surface area (Å²) in [5.41, 5.74) is 0.786. The van der Waals surface area contributed by atoms with Crippen molar-refractivity contribution in [3.63, 3.8) is 0 Å². The minimum Gasteiger partial charge on any atom is -0.426 e. The Balaban J connectivity index is 1.64. The number of hydrogen-bond donors (Lipinski definition) is 0. The lowest BCUT2D eigenvalue weighted by molar-refractivity contribution is -0.132. The van der Waals surface area contributed by atoms with Gasteiger partial charge in [0.05, 0.1) is 12.0 Å². The molecule has 1 aliphatic heterocycles. The highest BCUT2D eigenvalue weighted by atomic mass is 16.4. The molecular weight excluding hydrogens is 294 g/mol. The van der Waals surface area contributed by atoms with Crippen LogP contribution in [-0.4, -0.2) is 22.8 Å². The van der Waals surface area contributed by atoms with Crippen molar-refractivity contribution in [1.29, 1.82) is 0 Å². The highest BCUT2D eigenvalue weighted by molar-refractivity contribution is 6.10. The maximum absolute atomic E-state index is 12.8. The van der Waals surface area contributed by atoms with Gasteiger partial charge in [0, 0.05) is 12.1 Å². The molecule has 0 saturated heterocycles. The summed E-state index contributed by atoms with van der Waals surface area (Å²) in [6.45, 7) is 0. The molecule has 1 aromatic rings. The highest BCUT2D eigenvalue weighted by Gasteiger charge is 2.40. The Labute approximate surface area is 134 Å². The topological polar surface area (TPSA) is 67.6 Å². The second-order valence-corrected chi connectivity index (χ2v) is 7.05. The summed E-state index contributed by atoms with van der Waals surface area (Å²) in [6.07, 6.45) is 8.32. The van der Waals surface area contributed by atoms with Crippen molar-refractivity contribution < 1.29 is 14.0 Å². The van der Waals surface area contributed by atoms with Crippen molar-refractivity contribution in [1.82, 2.24) is 4.90 Å². The molecule has 2 heterocycles. The van der Waals surface area contributed by atoms with Crippen LogP contribution in [0.1, 0.15) is 66.6 Å². The van der Waals surface area contributed by atoms with Crippen molar-refractivity contribution in [2.75, 3.05) is 0 Å². The summed E-state index contributed by atoms with van der Waals surface area (Å²) in [5, 5.41) is 0. The number of carbonyl (C=O) groups excluding carboxylic acids is 2. The van der Waals surface area contributed by atoms with Crippen LogP contribution in [0.15, 0.2) is 15.3 Å². The summed E-state index contributed by atoms with van der Waals surface area (Å²) in [4.78, 5) is 38.3. The Bertz CT molecular complexity index is 712. The van der Waals surface area contributed by atoms with Crippen molar-refractivity contribution in [2.24, 2.45) is 5.92 Å². The van der Waals surface area contributed by atoms with E-state index in [1.54, 1.807) is 0 Å². The van der Waals surface area contributed by atoms with Crippen LogP contribution in [0.4, 0.5) is 0 Å². The molecule has 0 atom stereocenters. The Morgan fingerprint density at radius 3 is 2.57 bits per heavy atom. The van der Waals surface area contributed by atoms with E-state index in [0.717, 1.165) is 43.6 Å². The van der Waals surface area contributed by atoms with Crippen molar-refractivity contribution in [3.05, 3.63) is 33.4 Å². The first kappa shape index (κ1) is 14.7. The van der Waals surface area contributed by atoms with Gasteiger partial charge in [-0.25, -0.2) is 4.79 Å². The molecule has 122 valence electrons. The van der Waals surface area contributed by atoms with Crippen molar-refractivity contribution in [3.8, 4) is 0 Å². The number of hydrogen-bond acceptors (Lipinski definition) is 4. The average molecular weight is 315 g/mol. The van der Waals surface area contributed by atoms with Crippen LogP contribution in [0.5, 0.6) is 0 Å². The molecule has 2 fully saturated rings. The summed E-state index contributed by atoms with van der Waals surface area (Å²) in [7, 11) is 0. The van der Waals surface area contributed by atoms with Gasteiger partial charge in [0.15, 0.2) is 0 Å². The molecule has 0 radical (unpaired) electrons. The predicted molar refractivity (Wildman–Crippen MR) is 83.2 cm³/mol. The van der Waals surface area contributed by atoms with E-state index in [4.69, 9.17) is 4.42 Å². The van der Waals surface area contributed by atoms with Gasteiger partial charge >= 0.3 is 5.63 Å². The first-order chi connectivity index (χ1) is 11.1. The minimum absolute atomic E-state index is 0.0310. The van der Waals surface area contributed by atoms with E-state index >= 15 is 0 Å². The van der Waals surface area contributed by atoms with E-state index in [1.165, 1.54) is 23.8 Å².